The van der Waals surface area contributed by atoms with Gasteiger partial charge in [0.05, 0.1) is 17.9 Å². The Hall–Kier alpha value is -3.03. The van der Waals surface area contributed by atoms with Gasteiger partial charge in [0.25, 0.3) is 5.91 Å². The molecule has 3 aromatic rings. The number of hydrogen-bond donors (Lipinski definition) is 1. The van der Waals surface area contributed by atoms with Gasteiger partial charge in [-0.15, -0.1) is 5.10 Å². The summed E-state index contributed by atoms with van der Waals surface area (Å²) in [5, 5.41) is 14.8. The lowest BCUT2D eigenvalue weighted by molar-refractivity contribution is 0.0929. The quantitative estimate of drug-likeness (QED) is 0.768. The highest BCUT2D eigenvalue weighted by molar-refractivity contribution is 5.92. The molecule has 0 saturated carbocycles. The summed E-state index contributed by atoms with van der Waals surface area (Å²) < 4.78 is 3.25. The van der Waals surface area contributed by atoms with Crippen molar-refractivity contribution < 1.29 is 4.79 Å². The SMILES string of the molecule is CCn1ncnc1C(C)NC(=O)c1cnnn1-c1ccccc1. The highest BCUT2D eigenvalue weighted by atomic mass is 16.2. The predicted molar refractivity (Wildman–Crippen MR) is 82.9 cm³/mol. The number of aromatic nitrogens is 6. The number of aryl methyl sites for hydroxylation is 1. The molecule has 0 aliphatic heterocycles. The Morgan fingerprint density at radius 3 is 2.83 bits per heavy atom. The molecule has 23 heavy (non-hydrogen) atoms. The maximum atomic E-state index is 12.5. The standard InChI is InChI=1S/C15H17N7O/c1-3-21-14(16-10-18-21)11(2)19-15(23)13-9-17-20-22(13)12-7-5-4-6-8-12/h4-11H,3H2,1-2H3,(H,19,23). The van der Waals surface area contributed by atoms with Crippen LogP contribution in [0.5, 0.6) is 0 Å². The van der Waals surface area contributed by atoms with Gasteiger partial charge in [-0.1, -0.05) is 23.4 Å². The van der Waals surface area contributed by atoms with Crippen molar-refractivity contribution in [2.75, 3.05) is 0 Å². The summed E-state index contributed by atoms with van der Waals surface area (Å²) in [6.45, 7) is 4.53. The average molecular weight is 311 g/mol. The van der Waals surface area contributed by atoms with Gasteiger partial charge in [0.15, 0.2) is 5.69 Å². The fourth-order valence-electron chi connectivity index (χ4n) is 2.34. The highest BCUT2D eigenvalue weighted by Gasteiger charge is 2.19. The molecule has 0 saturated heterocycles. The molecule has 0 radical (unpaired) electrons. The molecule has 118 valence electrons. The van der Waals surface area contributed by atoms with Gasteiger partial charge < -0.3 is 5.32 Å². The van der Waals surface area contributed by atoms with E-state index in [0.29, 0.717) is 18.1 Å². The van der Waals surface area contributed by atoms with E-state index in [0.717, 1.165) is 5.69 Å². The Morgan fingerprint density at radius 2 is 2.09 bits per heavy atom. The fourth-order valence-corrected chi connectivity index (χ4v) is 2.34. The molecule has 8 heteroatoms. The van der Waals surface area contributed by atoms with Crippen LogP contribution in [0.2, 0.25) is 0 Å². The van der Waals surface area contributed by atoms with Gasteiger partial charge in [-0.05, 0) is 26.0 Å². The third-order valence-electron chi connectivity index (χ3n) is 3.46. The van der Waals surface area contributed by atoms with Crippen LogP contribution in [-0.4, -0.2) is 35.7 Å². The van der Waals surface area contributed by atoms with Crippen molar-refractivity contribution in [1.29, 1.82) is 0 Å². The monoisotopic (exact) mass is 311 g/mol. The number of carbonyl (C=O) groups is 1. The first-order chi connectivity index (χ1) is 11.2. The van der Waals surface area contributed by atoms with Gasteiger partial charge in [0.1, 0.15) is 12.2 Å². The second-order valence-electron chi connectivity index (χ2n) is 5.00. The molecule has 0 fully saturated rings. The van der Waals surface area contributed by atoms with Crippen LogP contribution in [0.15, 0.2) is 42.9 Å². The molecule has 8 nitrogen and oxygen atoms in total. The van der Waals surface area contributed by atoms with Crippen molar-refractivity contribution in [3.63, 3.8) is 0 Å². The number of carbonyl (C=O) groups excluding carboxylic acids is 1. The Labute approximate surface area is 133 Å². The van der Waals surface area contributed by atoms with Gasteiger partial charge in [0, 0.05) is 6.54 Å². The van der Waals surface area contributed by atoms with Crippen molar-refractivity contribution in [3.05, 3.63) is 54.4 Å². The summed E-state index contributed by atoms with van der Waals surface area (Å²) in [5.41, 5.74) is 1.14. The largest absolute Gasteiger partial charge is 0.341 e. The second kappa shape index (κ2) is 6.39. The molecule has 1 unspecified atom stereocenters. The van der Waals surface area contributed by atoms with Crippen LogP contribution in [0, 0.1) is 0 Å². The molecule has 3 rings (SSSR count). The third-order valence-corrected chi connectivity index (χ3v) is 3.46. The topological polar surface area (TPSA) is 90.5 Å². The molecule has 1 aromatic carbocycles. The van der Waals surface area contributed by atoms with Crippen LogP contribution < -0.4 is 5.32 Å². The Bertz CT molecular complexity index is 793. The van der Waals surface area contributed by atoms with Crippen molar-refractivity contribution in [2.45, 2.75) is 26.4 Å². The molecule has 0 spiro atoms. The van der Waals surface area contributed by atoms with Crippen molar-refractivity contribution in [3.8, 4) is 5.69 Å². The summed E-state index contributed by atoms with van der Waals surface area (Å²) in [5.74, 6) is 0.441. The molecule has 2 aromatic heterocycles. The molecule has 2 heterocycles. The zero-order valence-corrected chi connectivity index (χ0v) is 12.9. The van der Waals surface area contributed by atoms with Crippen LogP contribution in [0.3, 0.4) is 0 Å². The predicted octanol–water partition coefficient (Wildman–Crippen LogP) is 1.37. The average Bonchev–Trinajstić information content (AvgIpc) is 3.24. The molecule has 1 atom stereocenters. The summed E-state index contributed by atoms with van der Waals surface area (Å²) in [6.07, 6.45) is 2.93. The van der Waals surface area contributed by atoms with Crippen molar-refractivity contribution in [2.24, 2.45) is 0 Å². The zero-order chi connectivity index (χ0) is 16.2. The summed E-state index contributed by atoms with van der Waals surface area (Å²) in [4.78, 5) is 16.7. The third kappa shape index (κ3) is 2.96. The number of nitrogens with one attached hydrogen (secondary N) is 1. The minimum Gasteiger partial charge on any atom is -0.341 e. The number of para-hydroxylation sites is 1. The number of rotatable bonds is 5. The second-order valence-corrected chi connectivity index (χ2v) is 5.00. The Morgan fingerprint density at radius 1 is 1.30 bits per heavy atom. The number of benzene rings is 1. The lowest BCUT2D eigenvalue weighted by Gasteiger charge is -2.14. The lowest BCUT2D eigenvalue weighted by atomic mass is 10.2. The van der Waals surface area contributed by atoms with Crippen LogP contribution in [0.25, 0.3) is 5.69 Å². The normalized spacial score (nSPS) is 12.1. The summed E-state index contributed by atoms with van der Waals surface area (Å²) in [7, 11) is 0. The van der Waals surface area contributed by atoms with Gasteiger partial charge >= 0.3 is 0 Å². The smallest absolute Gasteiger partial charge is 0.272 e. The van der Waals surface area contributed by atoms with Crippen LogP contribution in [-0.2, 0) is 6.54 Å². The van der Waals surface area contributed by atoms with Crippen LogP contribution in [0.1, 0.15) is 36.2 Å². The minimum absolute atomic E-state index is 0.267. The van der Waals surface area contributed by atoms with Gasteiger partial charge in [0.2, 0.25) is 0 Å². The van der Waals surface area contributed by atoms with E-state index < -0.39 is 0 Å². The maximum Gasteiger partial charge on any atom is 0.272 e. The Kier molecular flexibility index (Phi) is 4.13. The first kappa shape index (κ1) is 14.9. The minimum atomic E-state index is -0.274. The molecule has 0 aliphatic carbocycles. The first-order valence-corrected chi connectivity index (χ1v) is 7.35. The van der Waals surface area contributed by atoms with E-state index in [1.807, 2.05) is 44.2 Å². The summed E-state index contributed by atoms with van der Waals surface area (Å²) >= 11 is 0. The first-order valence-electron chi connectivity index (χ1n) is 7.35. The zero-order valence-electron chi connectivity index (χ0n) is 12.9. The van der Waals surface area contributed by atoms with Crippen molar-refractivity contribution in [1.82, 2.24) is 35.1 Å². The fraction of sp³-hybridized carbons (Fsp3) is 0.267. The molecule has 1 amide bonds. The van der Waals surface area contributed by atoms with Crippen LogP contribution >= 0.6 is 0 Å². The van der Waals surface area contributed by atoms with E-state index in [9.17, 15) is 4.79 Å². The van der Waals surface area contributed by atoms with E-state index in [4.69, 9.17) is 0 Å². The highest BCUT2D eigenvalue weighted by Crippen LogP contribution is 2.12. The lowest BCUT2D eigenvalue weighted by Crippen LogP contribution is -2.30. The van der Waals surface area contributed by atoms with E-state index in [-0.39, 0.29) is 11.9 Å². The number of hydrogen-bond acceptors (Lipinski definition) is 5. The van der Waals surface area contributed by atoms with E-state index in [2.05, 4.69) is 25.7 Å². The van der Waals surface area contributed by atoms with Crippen molar-refractivity contribution >= 4 is 5.91 Å². The molecular formula is C15H17N7O. The van der Waals surface area contributed by atoms with E-state index in [1.54, 1.807) is 4.68 Å². The number of nitrogens with zero attached hydrogens (tertiary/aromatic N) is 6. The number of amides is 1. The Balaban J connectivity index is 1.81. The van der Waals surface area contributed by atoms with Gasteiger partial charge in [-0.3, -0.25) is 4.79 Å². The molecule has 0 aliphatic rings. The van der Waals surface area contributed by atoms with Crippen LogP contribution in [0.4, 0.5) is 0 Å². The molecule has 0 bridgehead atoms. The van der Waals surface area contributed by atoms with Gasteiger partial charge in [-0.25, -0.2) is 14.3 Å². The summed E-state index contributed by atoms with van der Waals surface area (Å²) in [6, 6.07) is 9.12. The molecule has 1 N–H and O–H groups in total. The maximum absolute atomic E-state index is 12.5. The van der Waals surface area contributed by atoms with Gasteiger partial charge in [-0.2, -0.15) is 5.10 Å². The van der Waals surface area contributed by atoms with E-state index in [1.165, 1.54) is 17.2 Å². The van der Waals surface area contributed by atoms with E-state index >= 15 is 0 Å². The molecular weight excluding hydrogens is 294 g/mol.